The Kier molecular flexibility index (Phi) is 6.71. The number of fused-ring (bicyclic) bond motifs is 10. The van der Waals surface area contributed by atoms with E-state index in [0.29, 0.717) is 11.1 Å². The Morgan fingerprint density at radius 3 is 1.55 bits per heavy atom. The third-order valence-electron chi connectivity index (χ3n) is 11.4. The summed E-state index contributed by atoms with van der Waals surface area (Å²) in [5, 5.41) is 25.6. The quantitative estimate of drug-likeness (QED) is 0.184. The largest absolute Gasteiger partial charge is 0.309 e. The molecule has 4 heteroatoms. The summed E-state index contributed by atoms with van der Waals surface area (Å²) in [4.78, 5) is 0. The van der Waals surface area contributed by atoms with Crippen molar-refractivity contribution in [1.29, 1.82) is 10.5 Å². The highest BCUT2D eigenvalue weighted by molar-refractivity contribution is 6.13. The zero-order valence-corrected chi connectivity index (χ0v) is 29.6. The highest BCUT2D eigenvalue weighted by Gasteiger charge is 2.33. The van der Waals surface area contributed by atoms with Gasteiger partial charge in [-0.05, 0) is 93.5 Å². The Bertz CT molecular complexity index is 3240. The van der Waals surface area contributed by atoms with Crippen LogP contribution in [0.5, 0.6) is 0 Å². The van der Waals surface area contributed by atoms with E-state index < -0.39 is 0 Å². The minimum atomic E-state index is 0.0406. The third kappa shape index (κ3) is 4.56. The van der Waals surface area contributed by atoms with Crippen LogP contribution in [0.4, 0.5) is 0 Å². The van der Waals surface area contributed by atoms with E-state index >= 15 is 0 Å². The molecule has 0 fully saturated rings. The van der Waals surface area contributed by atoms with Gasteiger partial charge in [-0.1, -0.05) is 121 Å². The van der Waals surface area contributed by atoms with Crippen LogP contribution in [0, 0.1) is 22.7 Å². The van der Waals surface area contributed by atoms with Crippen molar-refractivity contribution in [3.8, 4) is 45.8 Å². The van der Waals surface area contributed by atoms with Crippen molar-refractivity contribution in [2.24, 2.45) is 0 Å². The van der Waals surface area contributed by atoms with Gasteiger partial charge in [0.15, 0.2) is 0 Å². The van der Waals surface area contributed by atoms with Crippen molar-refractivity contribution in [1.82, 2.24) is 9.13 Å². The smallest absolute Gasteiger partial charge is 0.0992 e. The molecule has 254 valence electrons. The molecule has 2 aromatic heterocycles. The van der Waals surface area contributed by atoms with Crippen LogP contribution in [-0.4, -0.2) is 9.13 Å². The van der Waals surface area contributed by atoms with Crippen molar-refractivity contribution < 1.29 is 0 Å². The Morgan fingerprint density at radius 1 is 0.418 bits per heavy atom. The lowest BCUT2D eigenvalue weighted by Gasteiger charge is -2.18. The first-order chi connectivity index (χ1) is 27.2. The van der Waals surface area contributed by atoms with Crippen LogP contribution in [0.3, 0.4) is 0 Å². The van der Waals surface area contributed by atoms with E-state index in [1.165, 1.54) is 33.2 Å². The molecule has 8 aromatic carbocycles. The molecule has 1 aliphatic carbocycles. The molecule has 1 aliphatic rings. The molecule has 0 radical (unpaired) electrons. The van der Waals surface area contributed by atoms with E-state index in [1.807, 2.05) is 24.3 Å². The summed E-state index contributed by atoms with van der Waals surface area (Å²) < 4.78 is 4.60. The number of para-hydroxylation sites is 3. The van der Waals surface area contributed by atoms with Crippen molar-refractivity contribution in [3.05, 3.63) is 204 Å². The monoisotopic (exact) mass is 698 g/mol. The minimum Gasteiger partial charge on any atom is -0.309 e. The van der Waals surface area contributed by atoms with Crippen molar-refractivity contribution in [2.75, 3.05) is 0 Å². The van der Waals surface area contributed by atoms with Crippen LogP contribution >= 0.6 is 0 Å². The maximum absolute atomic E-state index is 10.5. The van der Waals surface area contributed by atoms with Gasteiger partial charge in [0.1, 0.15) is 0 Å². The SMILES string of the molecule is N#Cc1cc(-c2cc(C#N)cc(-n3c4ccccc4c4ccc5c(c43)C(c3ccccc3)c3ccccc3-5)c2)cc(-n2c3ccccc3c3ccccc32)c1. The van der Waals surface area contributed by atoms with Gasteiger partial charge in [0.25, 0.3) is 0 Å². The Hall–Kier alpha value is -7.66. The molecule has 4 nitrogen and oxygen atoms in total. The zero-order chi connectivity index (χ0) is 36.6. The first-order valence-corrected chi connectivity index (χ1v) is 18.5. The fraction of sp³-hybridized carbons (Fsp3) is 0.0196. The first kappa shape index (κ1) is 30.9. The fourth-order valence-corrected chi connectivity index (χ4v) is 9.16. The lowest BCUT2D eigenvalue weighted by molar-refractivity contribution is 1.01. The molecular formula is C51H30N4. The summed E-state index contributed by atoms with van der Waals surface area (Å²) in [6, 6.07) is 66.5. The second-order valence-electron chi connectivity index (χ2n) is 14.3. The molecule has 2 heterocycles. The van der Waals surface area contributed by atoms with Gasteiger partial charge in [-0.3, -0.25) is 0 Å². The number of nitriles is 2. The van der Waals surface area contributed by atoms with E-state index in [-0.39, 0.29) is 5.92 Å². The normalized spacial score (nSPS) is 13.2. The summed E-state index contributed by atoms with van der Waals surface area (Å²) >= 11 is 0. The highest BCUT2D eigenvalue weighted by Crippen LogP contribution is 2.52. The molecule has 10 aromatic rings. The second kappa shape index (κ2) is 11.9. The summed E-state index contributed by atoms with van der Waals surface area (Å²) in [6.07, 6.45) is 0. The first-order valence-electron chi connectivity index (χ1n) is 18.5. The second-order valence-corrected chi connectivity index (χ2v) is 14.3. The maximum Gasteiger partial charge on any atom is 0.0992 e. The highest BCUT2D eigenvalue weighted by atomic mass is 15.0. The molecule has 1 atom stereocenters. The van der Waals surface area contributed by atoms with Crippen LogP contribution in [0.15, 0.2) is 176 Å². The molecule has 55 heavy (non-hydrogen) atoms. The van der Waals surface area contributed by atoms with Gasteiger partial charge in [0, 0.05) is 38.8 Å². The number of hydrogen-bond acceptors (Lipinski definition) is 2. The van der Waals surface area contributed by atoms with Gasteiger partial charge in [0.2, 0.25) is 0 Å². The molecule has 0 saturated carbocycles. The fourth-order valence-electron chi connectivity index (χ4n) is 9.16. The average Bonchev–Trinajstić information content (AvgIpc) is 3.89. The van der Waals surface area contributed by atoms with Crippen molar-refractivity contribution in [3.63, 3.8) is 0 Å². The third-order valence-corrected chi connectivity index (χ3v) is 11.4. The van der Waals surface area contributed by atoms with Gasteiger partial charge in [0.05, 0.1) is 45.3 Å². The standard InChI is InChI=1S/C51H30N4/c52-30-32-24-35(28-37(26-32)54-46-19-9-6-15-40(46)41-16-7-10-20-47(41)54)36-25-33(31-53)27-38(29-36)55-48-21-11-8-17-42(48)45-23-22-44-39-14-4-5-18-43(39)49(50(44)51(45)55)34-12-2-1-3-13-34/h1-29,49H. The van der Waals surface area contributed by atoms with E-state index in [2.05, 4.69) is 173 Å². The lowest BCUT2D eigenvalue weighted by atomic mass is 9.88. The van der Waals surface area contributed by atoms with E-state index in [4.69, 9.17) is 0 Å². The Balaban J connectivity index is 1.19. The summed E-state index contributed by atoms with van der Waals surface area (Å²) in [6.45, 7) is 0. The maximum atomic E-state index is 10.5. The Morgan fingerprint density at radius 2 is 0.927 bits per heavy atom. The van der Waals surface area contributed by atoms with E-state index in [0.717, 1.165) is 60.7 Å². The number of nitrogens with zero attached hydrogens (tertiary/aromatic N) is 4. The molecule has 11 rings (SSSR count). The van der Waals surface area contributed by atoms with Crippen LogP contribution in [-0.2, 0) is 0 Å². The van der Waals surface area contributed by atoms with Crippen LogP contribution in [0.2, 0.25) is 0 Å². The topological polar surface area (TPSA) is 57.4 Å². The molecule has 0 N–H and O–H groups in total. The summed E-state index contributed by atoms with van der Waals surface area (Å²) in [7, 11) is 0. The van der Waals surface area contributed by atoms with Crippen LogP contribution in [0.1, 0.15) is 33.7 Å². The molecule has 1 unspecified atom stereocenters. The predicted molar refractivity (Wildman–Crippen MR) is 223 cm³/mol. The lowest BCUT2D eigenvalue weighted by Crippen LogP contribution is -2.03. The van der Waals surface area contributed by atoms with E-state index in [9.17, 15) is 10.5 Å². The average molecular weight is 699 g/mol. The molecular weight excluding hydrogens is 669 g/mol. The number of rotatable bonds is 4. The van der Waals surface area contributed by atoms with Gasteiger partial charge in [-0.15, -0.1) is 0 Å². The molecule has 0 spiro atoms. The van der Waals surface area contributed by atoms with Gasteiger partial charge in [-0.2, -0.15) is 10.5 Å². The summed E-state index contributed by atoms with van der Waals surface area (Å²) in [5.41, 5.74) is 15.3. The minimum absolute atomic E-state index is 0.0406. The Labute approximate surface area is 317 Å². The molecule has 0 aliphatic heterocycles. The van der Waals surface area contributed by atoms with Crippen LogP contribution < -0.4 is 0 Å². The predicted octanol–water partition coefficient (Wildman–Crippen LogP) is 12.5. The van der Waals surface area contributed by atoms with Gasteiger partial charge >= 0.3 is 0 Å². The van der Waals surface area contributed by atoms with Crippen LogP contribution in [0.25, 0.3) is 77.2 Å². The van der Waals surface area contributed by atoms with Crippen molar-refractivity contribution in [2.45, 2.75) is 5.92 Å². The van der Waals surface area contributed by atoms with Crippen molar-refractivity contribution >= 4 is 43.6 Å². The molecule has 0 amide bonds. The van der Waals surface area contributed by atoms with Gasteiger partial charge < -0.3 is 9.13 Å². The number of benzene rings is 8. The molecule has 0 bridgehead atoms. The number of hydrogen-bond donors (Lipinski definition) is 0. The zero-order valence-electron chi connectivity index (χ0n) is 29.6. The summed E-state index contributed by atoms with van der Waals surface area (Å²) in [5.74, 6) is 0.0406. The number of aromatic nitrogens is 2. The molecule has 0 saturated heterocycles. The van der Waals surface area contributed by atoms with Gasteiger partial charge in [-0.25, -0.2) is 0 Å². The van der Waals surface area contributed by atoms with E-state index in [1.54, 1.807) is 0 Å².